The molecule has 0 fully saturated rings. The van der Waals surface area contributed by atoms with Gasteiger partial charge in [0.2, 0.25) is 6.29 Å². The average molecular weight is 439 g/mol. The lowest BCUT2D eigenvalue weighted by atomic mass is 9.83. The SMILES string of the molecule is CCOC1OC=C(C(=O)N2Cc3nc4ccc(OC)cc4c(CC)c3C2)C(C=O)C1CC. The lowest BCUT2D eigenvalue weighted by molar-refractivity contribution is -0.162. The normalized spacial score (nSPS) is 22.3. The van der Waals surface area contributed by atoms with Crippen LogP contribution < -0.4 is 4.74 Å². The van der Waals surface area contributed by atoms with E-state index in [0.717, 1.165) is 40.6 Å². The molecule has 1 aromatic heterocycles. The molecule has 0 N–H and O–H groups in total. The average Bonchev–Trinajstić information content (AvgIpc) is 3.25. The topological polar surface area (TPSA) is 78.0 Å². The van der Waals surface area contributed by atoms with Crippen LogP contribution in [0.4, 0.5) is 0 Å². The predicted molar refractivity (Wildman–Crippen MR) is 120 cm³/mol. The Labute approximate surface area is 188 Å². The van der Waals surface area contributed by atoms with Crippen LogP contribution in [0.15, 0.2) is 30.0 Å². The number of ether oxygens (including phenoxy) is 3. The highest BCUT2D eigenvalue weighted by Crippen LogP contribution is 2.37. The Kier molecular flexibility index (Phi) is 6.46. The van der Waals surface area contributed by atoms with Crippen LogP contribution in [0.2, 0.25) is 0 Å². The number of carbonyl (C=O) groups is 2. The van der Waals surface area contributed by atoms with Gasteiger partial charge in [0.05, 0.1) is 42.6 Å². The monoisotopic (exact) mass is 438 g/mol. The maximum Gasteiger partial charge on any atom is 0.254 e. The molecule has 0 saturated carbocycles. The number of aldehydes is 1. The first-order valence-corrected chi connectivity index (χ1v) is 11.3. The van der Waals surface area contributed by atoms with Crippen LogP contribution in [-0.4, -0.2) is 42.1 Å². The standard InChI is InChI=1S/C25H30N2O5/c1-5-16-18-10-15(30-4)8-9-22(18)26-23-12-27(11-19(16)23)24(29)21-14-32-25(31-7-3)17(6-2)20(21)13-28/h8-10,13-14,17,20,25H,5-7,11-12H2,1-4H3. The Morgan fingerprint density at radius 3 is 2.75 bits per heavy atom. The van der Waals surface area contributed by atoms with E-state index < -0.39 is 12.2 Å². The van der Waals surface area contributed by atoms with Crippen LogP contribution in [0.5, 0.6) is 5.75 Å². The third-order valence-electron chi connectivity index (χ3n) is 6.52. The summed E-state index contributed by atoms with van der Waals surface area (Å²) in [6.45, 7) is 7.33. The second-order valence-electron chi connectivity index (χ2n) is 8.18. The summed E-state index contributed by atoms with van der Waals surface area (Å²) in [5.41, 5.74) is 4.46. The van der Waals surface area contributed by atoms with Crippen molar-refractivity contribution in [3.63, 3.8) is 0 Å². The molecule has 2 aliphatic heterocycles. The Balaban J connectivity index is 1.65. The van der Waals surface area contributed by atoms with Crippen LogP contribution in [0, 0.1) is 11.8 Å². The molecule has 0 radical (unpaired) electrons. The third-order valence-corrected chi connectivity index (χ3v) is 6.52. The molecule has 0 spiro atoms. The minimum atomic E-state index is -0.552. The molecule has 7 heteroatoms. The number of fused-ring (bicyclic) bond motifs is 2. The summed E-state index contributed by atoms with van der Waals surface area (Å²) in [5.74, 6) is -0.144. The third kappa shape index (κ3) is 3.75. The summed E-state index contributed by atoms with van der Waals surface area (Å²) >= 11 is 0. The van der Waals surface area contributed by atoms with Crippen LogP contribution in [0.3, 0.4) is 0 Å². The van der Waals surface area contributed by atoms with Gasteiger partial charge in [0.25, 0.3) is 5.91 Å². The first kappa shape index (κ1) is 22.3. The molecular weight excluding hydrogens is 408 g/mol. The number of hydrogen-bond donors (Lipinski definition) is 0. The molecule has 3 heterocycles. The Bertz CT molecular complexity index is 1060. The first-order chi connectivity index (χ1) is 15.6. The van der Waals surface area contributed by atoms with Crippen molar-refractivity contribution < 1.29 is 23.8 Å². The second-order valence-corrected chi connectivity index (χ2v) is 8.18. The van der Waals surface area contributed by atoms with Gasteiger partial charge in [0.15, 0.2) is 0 Å². The summed E-state index contributed by atoms with van der Waals surface area (Å²) in [5, 5.41) is 1.05. The summed E-state index contributed by atoms with van der Waals surface area (Å²) in [6.07, 6.45) is 3.26. The lowest BCUT2D eigenvalue weighted by Crippen LogP contribution is -2.41. The zero-order valence-corrected chi connectivity index (χ0v) is 19.1. The van der Waals surface area contributed by atoms with Gasteiger partial charge in [0.1, 0.15) is 12.0 Å². The van der Waals surface area contributed by atoms with Crippen molar-refractivity contribution in [2.45, 2.75) is 53.0 Å². The van der Waals surface area contributed by atoms with Crippen molar-refractivity contribution in [1.82, 2.24) is 9.88 Å². The van der Waals surface area contributed by atoms with Crippen LogP contribution in [0.1, 0.15) is 44.0 Å². The van der Waals surface area contributed by atoms with E-state index in [-0.39, 0.29) is 11.8 Å². The van der Waals surface area contributed by atoms with E-state index >= 15 is 0 Å². The maximum atomic E-state index is 13.5. The van der Waals surface area contributed by atoms with Crippen LogP contribution >= 0.6 is 0 Å². The van der Waals surface area contributed by atoms with Crippen molar-refractivity contribution in [1.29, 1.82) is 0 Å². The number of amides is 1. The van der Waals surface area contributed by atoms with Crippen molar-refractivity contribution in [2.24, 2.45) is 11.8 Å². The number of aromatic nitrogens is 1. The molecule has 1 aromatic carbocycles. The van der Waals surface area contributed by atoms with E-state index in [1.54, 1.807) is 12.0 Å². The molecular formula is C25H30N2O5. The van der Waals surface area contributed by atoms with Gasteiger partial charge < -0.3 is 23.9 Å². The van der Waals surface area contributed by atoms with E-state index in [1.807, 2.05) is 32.0 Å². The summed E-state index contributed by atoms with van der Waals surface area (Å²) < 4.78 is 16.8. The van der Waals surface area contributed by atoms with Gasteiger partial charge in [-0.05, 0) is 49.1 Å². The Morgan fingerprint density at radius 1 is 1.28 bits per heavy atom. The number of aryl methyl sites for hydroxylation is 1. The summed E-state index contributed by atoms with van der Waals surface area (Å²) in [4.78, 5) is 32.1. The largest absolute Gasteiger partial charge is 0.497 e. The van der Waals surface area contributed by atoms with Crippen molar-refractivity contribution >= 4 is 23.1 Å². The molecule has 4 rings (SSSR count). The highest BCUT2D eigenvalue weighted by atomic mass is 16.7. The molecule has 3 atom stereocenters. The first-order valence-electron chi connectivity index (χ1n) is 11.3. The zero-order chi connectivity index (χ0) is 22.8. The molecule has 7 nitrogen and oxygen atoms in total. The summed E-state index contributed by atoms with van der Waals surface area (Å²) in [6, 6.07) is 5.86. The highest BCUT2D eigenvalue weighted by Gasteiger charge is 2.41. The number of methoxy groups -OCH3 is 1. The van der Waals surface area contributed by atoms with Crippen molar-refractivity contribution in [3.05, 3.63) is 46.9 Å². The molecule has 170 valence electrons. The summed E-state index contributed by atoms with van der Waals surface area (Å²) in [7, 11) is 1.65. The van der Waals surface area contributed by atoms with Gasteiger partial charge in [-0.15, -0.1) is 0 Å². The number of pyridine rings is 1. The van der Waals surface area contributed by atoms with E-state index in [0.29, 0.717) is 31.7 Å². The zero-order valence-electron chi connectivity index (χ0n) is 19.1. The van der Waals surface area contributed by atoms with Crippen LogP contribution in [-0.2, 0) is 38.6 Å². The fourth-order valence-corrected chi connectivity index (χ4v) is 4.87. The van der Waals surface area contributed by atoms with Gasteiger partial charge in [-0.25, -0.2) is 0 Å². The Hall–Kier alpha value is -2.93. The van der Waals surface area contributed by atoms with Gasteiger partial charge in [0, 0.05) is 24.5 Å². The quantitative estimate of drug-likeness (QED) is 0.613. The van der Waals surface area contributed by atoms with Crippen molar-refractivity contribution in [3.8, 4) is 5.75 Å². The number of benzene rings is 1. The molecule has 1 amide bonds. The number of nitrogens with zero attached hydrogens (tertiary/aromatic N) is 2. The van der Waals surface area contributed by atoms with E-state index in [2.05, 4.69) is 6.92 Å². The van der Waals surface area contributed by atoms with Gasteiger partial charge in [-0.2, -0.15) is 0 Å². The van der Waals surface area contributed by atoms with Crippen molar-refractivity contribution in [2.75, 3.05) is 13.7 Å². The maximum absolute atomic E-state index is 13.5. The van der Waals surface area contributed by atoms with E-state index in [1.165, 1.54) is 11.8 Å². The number of rotatable bonds is 7. The highest BCUT2D eigenvalue weighted by molar-refractivity contribution is 5.97. The molecule has 2 aliphatic rings. The molecule has 0 saturated heterocycles. The predicted octanol–water partition coefficient (Wildman–Crippen LogP) is 3.77. The second kappa shape index (κ2) is 9.28. The fraction of sp³-hybridized carbons (Fsp3) is 0.480. The Morgan fingerprint density at radius 2 is 2.09 bits per heavy atom. The minimum Gasteiger partial charge on any atom is -0.497 e. The number of hydrogen-bond acceptors (Lipinski definition) is 6. The molecule has 2 aromatic rings. The molecule has 3 unspecified atom stereocenters. The lowest BCUT2D eigenvalue weighted by Gasteiger charge is -2.35. The molecule has 0 bridgehead atoms. The van der Waals surface area contributed by atoms with E-state index in [9.17, 15) is 9.59 Å². The molecule has 32 heavy (non-hydrogen) atoms. The fourth-order valence-electron chi connectivity index (χ4n) is 4.87. The minimum absolute atomic E-state index is 0.183. The van der Waals surface area contributed by atoms with Gasteiger partial charge in [-0.3, -0.25) is 9.78 Å². The number of carbonyl (C=O) groups excluding carboxylic acids is 2. The van der Waals surface area contributed by atoms with Crippen LogP contribution in [0.25, 0.3) is 10.9 Å². The smallest absolute Gasteiger partial charge is 0.254 e. The van der Waals surface area contributed by atoms with E-state index in [4.69, 9.17) is 19.2 Å². The van der Waals surface area contributed by atoms with Gasteiger partial charge >= 0.3 is 0 Å². The molecule has 0 aliphatic carbocycles. The van der Waals surface area contributed by atoms with Gasteiger partial charge in [-0.1, -0.05) is 13.8 Å².